The lowest BCUT2D eigenvalue weighted by Gasteiger charge is -2.14. The summed E-state index contributed by atoms with van der Waals surface area (Å²) in [4.78, 5) is 22.4. The summed E-state index contributed by atoms with van der Waals surface area (Å²) in [6.07, 6.45) is -0.778. The number of carbonyl (C=O) groups is 2. The van der Waals surface area contributed by atoms with Crippen molar-refractivity contribution in [2.24, 2.45) is 5.73 Å². The van der Waals surface area contributed by atoms with Crippen LogP contribution in [0.25, 0.3) is 0 Å². The monoisotopic (exact) mass is 272 g/mol. The quantitative estimate of drug-likeness (QED) is 0.741. The van der Waals surface area contributed by atoms with Crippen LogP contribution in [0.15, 0.2) is 18.2 Å². The molecule has 0 bridgehead atoms. The van der Waals surface area contributed by atoms with Crippen LogP contribution < -0.4 is 11.1 Å². The molecular formula is C11H13ClN2O4. The van der Waals surface area contributed by atoms with Crippen molar-refractivity contribution >= 4 is 29.2 Å². The minimum Gasteiger partial charge on any atom is -0.478 e. The fraction of sp³-hybridized carbons (Fsp3) is 0.273. The van der Waals surface area contributed by atoms with E-state index in [-0.39, 0.29) is 17.1 Å². The lowest BCUT2D eigenvalue weighted by Crippen LogP contribution is -2.35. The molecule has 1 atom stereocenters. The number of methoxy groups -OCH3 is 1. The molecule has 0 aromatic heterocycles. The maximum Gasteiger partial charge on any atom is 0.335 e. The van der Waals surface area contributed by atoms with Gasteiger partial charge in [0.25, 0.3) is 5.91 Å². The molecule has 0 radical (unpaired) electrons. The second-order valence-electron chi connectivity index (χ2n) is 3.45. The molecule has 1 amide bonds. The van der Waals surface area contributed by atoms with Gasteiger partial charge >= 0.3 is 5.97 Å². The van der Waals surface area contributed by atoms with Gasteiger partial charge in [0, 0.05) is 13.7 Å². The van der Waals surface area contributed by atoms with Gasteiger partial charge in [-0.05, 0) is 18.2 Å². The van der Waals surface area contributed by atoms with Crippen LogP contribution in [0.3, 0.4) is 0 Å². The highest BCUT2D eigenvalue weighted by atomic mass is 35.5. The number of hydrogen-bond acceptors (Lipinski definition) is 4. The third-order valence-electron chi connectivity index (χ3n) is 2.26. The van der Waals surface area contributed by atoms with Crippen molar-refractivity contribution in [3.63, 3.8) is 0 Å². The molecule has 0 aliphatic heterocycles. The minimum atomic E-state index is -1.09. The number of anilines is 1. The summed E-state index contributed by atoms with van der Waals surface area (Å²) in [5.41, 5.74) is 5.69. The molecule has 4 N–H and O–H groups in total. The third-order valence-corrected chi connectivity index (χ3v) is 2.58. The fourth-order valence-corrected chi connectivity index (χ4v) is 1.50. The first-order valence-electron chi connectivity index (χ1n) is 5.06. The Labute approximate surface area is 109 Å². The molecule has 0 spiro atoms. The maximum atomic E-state index is 11.7. The Hall–Kier alpha value is -1.63. The van der Waals surface area contributed by atoms with Gasteiger partial charge in [0.2, 0.25) is 0 Å². The Balaban J connectivity index is 2.86. The summed E-state index contributed by atoms with van der Waals surface area (Å²) in [6, 6.07) is 4.00. The SMILES string of the molecule is COC(CN)C(=O)Nc1ccc(C(=O)O)cc1Cl. The predicted molar refractivity (Wildman–Crippen MR) is 66.9 cm³/mol. The van der Waals surface area contributed by atoms with Crippen LogP contribution in [0.5, 0.6) is 0 Å². The lowest BCUT2D eigenvalue weighted by atomic mass is 10.2. The summed E-state index contributed by atoms with van der Waals surface area (Å²) >= 11 is 5.86. The first-order valence-corrected chi connectivity index (χ1v) is 5.44. The Morgan fingerprint density at radius 1 is 1.56 bits per heavy atom. The van der Waals surface area contributed by atoms with Crippen LogP contribution in [-0.4, -0.2) is 36.7 Å². The van der Waals surface area contributed by atoms with Gasteiger partial charge in [0.1, 0.15) is 6.10 Å². The van der Waals surface area contributed by atoms with Crippen molar-refractivity contribution < 1.29 is 19.4 Å². The number of amides is 1. The van der Waals surface area contributed by atoms with E-state index in [0.29, 0.717) is 5.69 Å². The number of ether oxygens (including phenoxy) is 1. The molecule has 1 aromatic rings. The second-order valence-corrected chi connectivity index (χ2v) is 3.86. The maximum absolute atomic E-state index is 11.7. The van der Waals surface area contributed by atoms with E-state index in [4.69, 9.17) is 27.2 Å². The Bertz CT molecular complexity index is 460. The molecule has 7 heteroatoms. The number of halogens is 1. The Kier molecular flexibility index (Phi) is 5.08. The standard InChI is InChI=1S/C11H13ClN2O4/c1-18-9(5-13)10(15)14-8-3-2-6(11(16)17)4-7(8)12/h2-4,9H,5,13H2,1H3,(H,14,15)(H,16,17). The van der Waals surface area contributed by atoms with Gasteiger partial charge in [0.05, 0.1) is 16.3 Å². The van der Waals surface area contributed by atoms with Crippen LogP contribution in [0.1, 0.15) is 10.4 Å². The van der Waals surface area contributed by atoms with Gasteiger partial charge in [-0.3, -0.25) is 4.79 Å². The summed E-state index contributed by atoms with van der Waals surface area (Å²) in [7, 11) is 1.37. The zero-order valence-corrected chi connectivity index (χ0v) is 10.4. The third kappa shape index (κ3) is 3.43. The van der Waals surface area contributed by atoms with E-state index >= 15 is 0 Å². The minimum absolute atomic E-state index is 0.0349. The molecule has 1 aromatic carbocycles. The number of rotatable bonds is 5. The lowest BCUT2D eigenvalue weighted by molar-refractivity contribution is -0.125. The van der Waals surface area contributed by atoms with Crippen LogP contribution in [-0.2, 0) is 9.53 Å². The number of carboxylic acid groups (broad SMARTS) is 1. The van der Waals surface area contributed by atoms with Crippen molar-refractivity contribution in [3.05, 3.63) is 28.8 Å². The van der Waals surface area contributed by atoms with E-state index in [0.717, 1.165) is 0 Å². The highest BCUT2D eigenvalue weighted by Gasteiger charge is 2.17. The van der Waals surface area contributed by atoms with Crippen LogP contribution in [0, 0.1) is 0 Å². The molecule has 0 fully saturated rings. The summed E-state index contributed by atoms with van der Waals surface area (Å²) in [5.74, 6) is -1.53. The zero-order valence-electron chi connectivity index (χ0n) is 9.64. The van der Waals surface area contributed by atoms with E-state index in [1.807, 2.05) is 0 Å². The van der Waals surface area contributed by atoms with E-state index in [1.54, 1.807) is 0 Å². The summed E-state index contributed by atoms with van der Waals surface area (Å²) in [6.45, 7) is 0.0349. The highest BCUT2D eigenvalue weighted by Crippen LogP contribution is 2.23. The molecule has 1 unspecified atom stereocenters. The molecule has 18 heavy (non-hydrogen) atoms. The van der Waals surface area contributed by atoms with Gasteiger partial charge < -0.3 is 20.9 Å². The van der Waals surface area contributed by atoms with Crippen molar-refractivity contribution in [1.82, 2.24) is 0 Å². The number of benzene rings is 1. The number of nitrogens with two attached hydrogens (primary N) is 1. The smallest absolute Gasteiger partial charge is 0.335 e. The van der Waals surface area contributed by atoms with Gasteiger partial charge in [-0.1, -0.05) is 11.6 Å². The number of aromatic carboxylic acids is 1. The molecular weight excluding hydrogens is 260 g/mol. The molecule has 0 aliphatic carbocycles. The topological polar surface area (TPSA) is 102 Å². The highest BCUT2D eigenvalue weighted by molar-refractivity contribution is 6.34. The first-order chi connectivity index (χ1) is 8.49. The van der Waals surface area contributed by atoms with Gasteiger partial charge in [-0.2, -0.15) is 0 Å². The fourth-order valence-electron chi connectivity index (χ4n) is 1.27. The second kappa shape index (κ2) is 6.34. The first kappa shape index (κ1) is 14.4. The zero-order chi connectivity index (χ0) is 13.7. The average Bonchev–Trinajstić information content (AvgIpc) is 2.33. The van der Waals surface area contributed by atoms with Crippen LogP contribution in [0.4, 0.5) is 5.69 Å². The Morgan fingerprint density at radius 3 is 2.67 bits per heavy atom. The number of hydrogen-bond donors (Lipinski definition) is 3. The largest absolute Gasteiger partial charge is 0.478 e. The van der Waals surface area contributed by atoms with Gasteiger partial charge in [-0.25, -0.2) is 4.79 Å². The molecule has 0 saturated carbocycles. The van der Waals surface area contributed by atoms with Crippen LogP contribution >= 0.6 is 11.6 Å². The summed E-state index contributed by atoms with van der Waals surface area (Å²) in [5, 5.41) is 11.4. The van der Waals surface area contributed by atoms with E-state index < -0.39 is 18.0 Å². The van der Waals surface area contributed by atoms with E-state index in [1.165, 1.54) is 25.3 Å². The molecule has 6 nitrogen and oxygen atoms in total. The molecule has 0 heterocycles. The molecule has 98 valence electrons. The molecule has 0 saturated heterocycles. The predicted octanol–water partition coefficient (Wildman–Crippen LogP) is 0.950. The van der Waals surface area contributed by atoms with E-state index in [2.05, 4.69) is 5.32 Å². The van der Waals surface area contributed by atoms with Gasteiger partial charge in [-0.15, -0.1) is 0 Å². The average molecular weight is 273 g/mol. The Morgan fingerprint density at radius 2 is 2.22 bits per heavy atom. The molecule has 1 rings (SSSR count). The number of carbonyl (C=O) groups excluding carboxylic acids is 1. The van der Waals surface area contributed by atoms with E-state index in [9.17, 15) is 9.59 Å². The van der Waals surface area contributed by atoms with Crippen molar-refractivity contribution in [1.29, 1.82) is 0 Å². The van der Waals surface area contributed by atoms with Crippen molar-refractivity contribution in [2.45, 2.75) is 6.10 Å². The van der Waals surface area contributed by atoms with Gasteiger partial charge in [0.15, 0.2) is 0 Å². The molecule has 0 aliphatic rings. The normalized spacial score (nSPS) is 11.9. The van der Waals surface area contributed by atoms with Crippen molar-refractivity contribution in [3.8, 4) is 0 Å². The van der Waals surface area contributed by atoms with Crippen molar-refractivity contribution in [2.75, 3.05) is 19.0 Å². The number of nitrogens with one attached hydrogen (secondary N) is 1. The summed E-state index contributed by atoms with van der Waals surface area (Å²) < 4.78 is 4.86. The van der Waals surface area contributed by atoms with Crippen LogP contribution in [0.2, 0.25) is 5.02 Å². The number of carboxylic acids is 1.